The summed E-state index contributed by atoms with van der Waals surface area (Å²) in [7, 11) is 0. The largest absolute Gasteiger partial charge is 0.373 e. The van der Waals surface area contributed by atoms with E-state index in [-0.39, 0.29) is 5.60 Å². The lowest BCUT2D eigenvalue weighted by Gasteiger charge is -2.48. The normalized spacial score (nSPS) is 36.3. The van der Waals surface area contributed by atoms with Crippen LogP contribution in [-0.4, -0.2) is 48.8 Å². The second kappa shape index (κ2) is 6.55. The first-order valence-corrected chi connectivity index (χ1v) is 8.17. The van der Waals surface area contributed by atoms with Gasteiger partial charge < -0.3 is 10.1 Å². The second-order valence-electron chi connectivity index (χ2n) is 6.90. The molecule has 1 aliphatic carbocycles. The van der Waals surface area contributed by atoms with Crippen LogP contribution in [-0.2, 0) is 4.74 Å². The van der Waals surface area contributed by atoms with E-state index in [1.54, 1.807) is 0 Å². The quantitative estimate of drug-likeness (QED) is 0.848. The van der Waals surface area contributed by atoms with E-state index in [0.29, 0.717) is 12.1 Å². The Kier molecular flexibility index (Phi) is 5.27. The first kappa shape index (κ1) is 15.3. The molecule has 1 saturated carbocycles. The predicted octanol–water partition coefficient (Wildman–Crippen LogP) is 2.65. The van der Waals surface area contributed by atoms with E-state index in [1.807, 2.05) is 0 Å². The molecule has 3 unspecified atom stereocenters. The number of morpholine rings is 1. The van der Waals surface area contributed by atoms with E-state index in [2.05, 4.69) is 37.9 Å². The maximum absolute atomic E-state index is 5.87. The van der Waals surface area contributed by atoms with E-state index in [4.69, 9.17) is 4.74 Å². The lowest BCUT2D eigenvalue weighted by molar-refractivity contribution is -0.106. The molecule has 3 nitrogen and oxygen atoms in total. The summed E-state index contributed by atoms with van der Waals surface area (Å²) in [6, 6.07) is 1.39. The first-order valence-electron chi connectivity index (χ1n) is 8.17. The molecule has 1 heterocycles. The Labute approximate surface area is 119 Å². The number of nitrogens with one attached hydrogen (secondary N) is 1. The number of nitrogens with zero attached hydrogens (tertiary/aromatic N) is 1. The fourth-order valence-electron chi connectivity index (χ4n) is 3.84. The van der Waals surface area contributed by atoms with Crippen LogP contribution in [0.4, 0.5) is 0 Å². The fraction of sp³-hybridized carbons (Fsp3) is 1.00. The van der Waals surface area contributed by atoms with Crippen molar-refractivity contribution in [1.29, 1.82) is 0 Å². The van der Waals surface area contributed by atoms with Gasteiger partial charge in [-0.15, -0.1) is 0 Å². The number of hydrogen-bond donors (Lipinski definition) is 1. The zero-order chi connectivity index (χ0) is 13.9. The van der Waals surface area contributed by atoms with E-state index in [0.717, 1.165) is 32.2 Å². The molecule has 1 saturated heterocycles. The van der Waals surface area contributed by atoms with Crippen LogP contribution in [0.15, 0.2) is 0 Å². The average Bonchev–Trinajstić information content (AvgIpc) is 2.38. The van der Waals surface area contributed by atoms with E-state index >= 15 is 0 Å². The van der Waals surface area contributed by atoms with Crippen LogP contribution in [0.2, 0.25) is 0 Å². The average molecular weight is 268 g/mol. The van der Waals surface area contributed by atoms with Crippen LogP contribution in [0, 0.1) is 5.92 Å². The molecule has 1 aliphatic heterocycles. The van der Waals surface area contributed by atoms with Crippen LogP contribution in [0.25, 0.3) is 0 Å². The Hall–Kier alpha value is -0.120. The molecule has 0 aromatic rings. The zero-order valence-corrected chi connectivity index (χ0v) is 13.2. The van der Waals surface area contributed by atoms with Gasteiger partial charge in [0.15, 0.2) is 0 Å². The lowest BCUT2D eigenvalue weighted by Crippen LogP contribution is -2.59. The summed E-state index contributed by atoms with van der Waals surface area (Å²) in [5.41, 5.74) is 0.0220. The van der Waals surface area contributed by atoms with Crippen molar-refractivity contribution in [3.63, 3.8) is 0 Å². The number of rotatable bonds is 4. The molecule has 0 spiro atoms. The van der Waals surface area contributed by atoms with Crippen LogP contribution >= 0.6 is 0 Å². The number of hydrogen-bond acceptors (Lipinski definition) is 3. The Balaban J connectivity index is 2.03. The molecule has 3 atom stereocenters. The van der Waals surface area contributed by atoms with Gasteiger partial charge in [0.2, 0.25) is 0 Å². The van der Waals surface area contributed by atoms with Gasteiger partial charge in [0, 0.05) is 25.2 Å². The van der Waals surface area contributed by atoms with E-state index < -0.39 is 0 Å². The third kappa shape index (κ3) is 3.93. The standard InChI is InChI=1S/C16H32N2O/c1-5-13-7-8-14(17-6-2)15(11-13)18-9-10-19-16(3,4)12-18/h13-15,17H,5-12H2,1-4H3. The van der Waals surface area contributed by atoms with Crippen molar-refractivity contribution < 1.29 is 4.74 Å². The first-order chi connectivity index (χ1) is 9.05. The van der Waals surface area contributed by atoms with Crippen LogP contribution in [0.5, 0.6) is 0 Å². The van der Waals surface area contributed by atoms with Crippen molar-refractivity contribution in [2.24, 2.45) is 5.92 Å². The minimum absolute atomic E-state index is 0.0220. The summed E-state index contributed by atoms with van der Waals surface area (Å²) < 4.78 is 5.87. The van der Waals surface area contributed by atoms with Gasteiger partial charge in [-0.25, -0.2) is 0 Å². The van der Waals surface area contributed by atoms with Crippen molar-refractivity contribution in [2.45, 2.75) is 71.1 Å². The van der Waals surface area contributed by atoms with Gasteiger partial charge >= 0.3 is 0 Å². The van der Waals surface area contributed by atoms with Crippen LogP contribution in [0.3, 0.4) is 0 Å². The van der Waals surface area contributed by atoms with Crippen LogP contribution in [0.1, 0.15) is 53.4 Å². The van der Waals surface area contributed by atoms with E-state index in [1.165, 1.54) is 25.7 Å². The third-order valence-electron chi connectivity index (χ3n) is 4.89. The molecule has 0 amide bonds. The van der Waals surface area contributed by atoms with Gasteiger partial charge in [-0.05, 0) is 45.6 Å². The molecular formula is C16H32N2O. The molecule has 0 aromatic heterocycles. The molecular weight excluding hydrogens is 236 g/mol. The fourth-order valence-corrected chi connectivity index (χ4v) is 3.84. The Morgan fingerprint density at radius 2 is 2.05 bits per heavy atom. The van der Waals surface area contributed by atoms with Gasteiger partial charge in [0.05, 0.1) is 12.2 Å². The Morgan fingerprint density at radius 3 is 2.68 bits per heavy atom. The summed E-state index contributed by atoms with van der Waals surface area (Å²) in [6.45, 7) is 13.2. The maximum Gasteiger partial charge on any atom is 0.0753 e. The highest BCUT2D eigenvalue weighted by Crippen LogP contribution is 2.32. The van der Waals surface area contributed by atoms with Crippen LogP contribution < -0.4 is 5.32 Å². The molecule has 0 radical (unpaired) electrons. The molecule has 3 heteroatoms. The minimum atomic E-state index is 0.0220. The Bertz CT molecular complexity index is 280. The van der Waals surface area contributed by atoms with Gasteiger partial charge in [0.1, 0.15) is 0 Å². The molecule has 112 valence electrons. The second-order valence-corrected chi connectivity index (χ2v) is 6.90. The highest BCUT2D eigenvalue weighted by molar-refractivity contribution is 4.94. The van der Waals surface area contributed by atoms with Gasteiger partial charge in [-0.1, -0.05) is 20.3 Å². The highest BCUT2D eigenvalue weighted by Gasteiger charge is 2.37. The van der Waals surface area contributed by atoms with Gasteiger partial charge in [-0.3, -0.25) is 4.90 Å². The SMILES string of the molecule is CCNC1CCC(CC)CC1N1CCOC(C)(C)C1. The summed E-state index contributed by atoms with van der Waals surface area (Å²) >= 11 is 0. The molecule has 1 N–H and O–H groups in total. The summed E-state index contributed by atoms with van der Waals surface area (Å²) in [4.78, 5) is 2.69. The molecule has 19 heavy (non-hydrogen) atoms. The maximum atomic E-state index is 5.87. The summed E-state index contributed by atoms with van der Waals surface area (Å²) in [6.07, 6.45) is 5.44. The monoisotopic (exact) mass is 268 g/mol. The van der Waals surface area contributed by atoms with Crippen molar-refractivity contribution in [3.05, 3.63) is 0 Å². The summed E-state index contributed by atoms with van der Waals surface area (Å²) in [5.74, 6) is 0.922. The van der Waals surface area contributed by atoms with Gasteiger partial charge in [-0.2, -0.15) is 0 Å². The van der Waals surface area contributed by atoms with Crippen molar-refractivity contribution >= 4 is 0 Å². The van der Waals surface area contributed by atoms with Crippen molar-refractivity contribution in [3.8, 4) is 0 Å². The summed E-state index contributed by atoms with van der Waals surface area (Å²) in [5, 5.41) is 3.72. The zero-order valence-electron chi connectivity index (χ0n) is 13.2. The smallest absolute Gasteiger partial charge is 0.0753 e. The Morgan fingerprint density at radius 1 is 1.26 bits per heavy atom. The molecule has 2 rings (SSSR count). The molecule has 0 aromatic carbocycles. The lowest BCUT2D eigenvalue weighted by atomic mass is 9.79. The third-order valence-corrected chi connectivity index (χ3v) is 4.89. The molecule has 2 aliphatic rings. The van der Waals surface area contributed by atoms with Gasteiger partial charge in [0.25, 0.3) is 0 Å². The topological polar surface area (TPSA) is 24.5 Å². The minimum Gasteiger partial charge on any atom is -0.373 e. The molecule has 2 fully saturated rings. The van der Waals surface area contributed by atoms with E-state index in [9.17, 15) is 0 Å². The molecule has 0 bridgehead atoms. The number of likely N-dealkylation sites (N-methyl/N-ethyl adjacent to an activating group) is 1. The van der Waals surface area contributed by atoms with Crippen molar-refractivity contribution in [1.82, 2.24) is 10.2 Å². The predicted molar refractivity (Wildman–Crippen MR) is 80.5 cm³/mol. The van der Waals surface area contributed by atoms with Crippen molar-refractivity contribution in [2.75, 3.05) is 26.2 Å². The highest BCUT2D eigenvalue weighted by atomic mass is 16.5. The number of ether oxygens (including phenoxy) is 1.